The standard InChI is InChI=1S/C15H31N3O2S/c1-3-8-14-9-4-6-11-17(14)21(19,20)18-12-7-5-10-15(18)13-16-2/h14-16H,3-13H2,1-2H3. The average molecular weight is 317 g/mol. The number of likely N-dealkylation sites (N-methyl/N-ethyl adjacent to an activating group) is 1. The van der Waals surface area contributed by atoms with Gasteiger partial charge in [-0.3, -0.25) is 0 Å². The van der Waals surface area contributed by atoms with Crippen molar-refractivity contribution >= 4 is 10.2 Å². The van der Waals surface area contributed by atoms with E-state index in [0.717, 1.165) is 57.9 Å². The minimum Gasteiger partial charge on any atom is -0.318 e. The first kappa shape index (κ1) is 17.2. The summed E-state index contributed by atoms with van der Waals surface area (Å²) in [5, 5.41) is 3.15. The van der Waals surface area contributed by atoms with Crippen LogP contribution in [0.2, 0.25) is 0 Å². The van der Waals surface area contributed by atoms with E-state index in [9.17, 15) is 8.42 Å². The third kappa shape index (κ3) is 3.97. The van der Waals surface area contributed by atoms with E-state index >= 15 is 0 Å². The number of hydrogen-bond acceptors (Lipinski definition) is 3. The fourth-order valence-electron chi connectivity index (χ4n) is 3.75. The molecular weight excluding hydrogens is 286 g/mol. The predicted molar refractivity (Wildman–Crippen MR) is 86.4 cm³/mol. The van der Waals surface area contributed by atoms with E-state index in [0.29, 0.717) is 13.1 Å². The summed E-state index contributed by atoms with van der Waals surface area (Å²) in [5.74, 6) is 0. The van der Waals surface area contributed by atoms with Gasteiger partial charge in [0.25, 0.3) is 10.2 Å². The normalized spacial score (nSPS) is 29.6. The molecule has 2 fully saturated rings. The molecule has 0 spiro atoms. The van der Waals surface area contributed by atoms with E-state index in [1.807, 2.05) is 11.4 Å². The molecule has 5 nitrogen and oxygen atoms in total. The van der Waals surface area contributed by atoms with E-state index in [2.05, 4.69) is 12.2 Å². The first-order valence-corrected chi connectivity index (χ1v) is 9.94. The van der Waals surface area contributed by atoms with Crippen LogP contribution in [0.1, 0.15) is 58.3 Å². The maximum absolute atomic E-state index is 13.1. The van der Waals surface area contributed by atoms with Gasteiger partial charge in [-0.15, -0.1) is 0 Å². The quantitative estimate of drug-likeness (QED) is 0.815. The van der Waals surface area contributed by atoms with Crippen molar-refractivity contribution in [3.63, 3.8) is 0 Å². The van der Waals surface area contributed by atoms with Gasteiger partial charge in [0, 0.05) is 31.7 Å². The second-order valence-corrected chi connectivity index (χ2v) is 8.21. The lowest BCUT2D eigenvalue weighted by Gasteiger charge is -2.42. The maximum Gasteiger partial charge on any atom is 0.282 e. The minimum atomic E-state index is -3.30. The summed E-state index contributed by atoms with van der Waals surface area (Å²) in [5.41, 5.74) is 0. The van der Waals surface area contributed by atoms with E-state index in [4.69, 9.17) is 0 Å². The highest BCUT2D eigenvalue weighted by molar-refractivity contribution is 7.86. The zero-order valence-corrected chi connectivity index (χ0v) is 14.4. The Balaban J connectivity index is 2.17. The summed E-state index contributed by atoms with van der Waals surface area (Å²) in [6.07, 6.45) is 8.34. The largest absolute Gasteiger partial charge is 0.318 e. The van der Waals surface area contributed by atoms with Crippen LogP contribution >= 0.6 is 0 Å². The van der Waals surface area contributed by atoms with Crippen molar-refractivity contribution in [2.45, 2.75) is 70.4 Å². The second-order valence-electron chi connectivity index (χ2n) is 6.37. The lowest BCUT2D eigenvalue weighted by molar-refractivity contribution is 0.189. The van der Waals surface area contributed by atoms with Gasteiger partial charge in [-0.1, -0.05) is 26.2 Å². The van der Waals surface area contributed by atoms with Crippen LogP contribution in [0.3, 0.4) is 0 Å². The molecule has 1 N–H and O–H groups in total. The number of piperidine rings is 2. The van der Waals surface area contributed by atoms with Gasteiger partial charge in [0.2, 0.25) is 0 Å². The van der Waals surface area contributed by atoms with Crippen LogP contribution in [0.4, 0.5) is 0 Å². The molecule has 0 radical (unpaired) electrons. The summed E-state index contributed by atoms with van der Waals surface area (Å²) < 4.78 is 29.9. The Morgan fingerprint density at radius 1 is 1.00 bits per heavy atom. The molecule has 2 aliphatic heterocycles. The number of nitrogens with zero attached hydrogens (tertiary/aromatic N) is 2. The highest BCUT2D eigenvalue weighted by Crippen LogP contribution is 2.29. The predicted octanol–water partition coefficient (Wildman–Crippen LogP) is 1.96. The van der Waals surface area contributed by atoms with Crippen LogP contribution < -0.4 is 5.32 Å². The Kier molecular flexibility index (Phi) is 6.47. The molecule has 0 bridgehead atoms. The van der Waals surface area contributed by atoms with Crippen molar-refractivity contribution in [2.75, 3.05) is 26.7 Å². The third-order valence-electron chi connectivity index (χ3n) is 4.80. The Labute approximate surface area is 130 Å². The molecule has 6 heteroatoms. The molecule has 2 unspecified atom stereocenters. The molecule has 0 amide bonds. The molecule has 2 atom stereocenters. The van der Waals surface area contributed by atoms with Crippen molar-refractivity contribution in [1.29, 1.82) is 0 Å². The van der Waals surface area contributed by atoms with Crippen LogP contribution in [0.15, 0.2) is 0 Å². The fourth-order valence-corrected chi connectivity index (χ4v) is 5.88. The van der Waals surface area contributed by atoms with E-state index in [-0.39, 0.29) is 12.1 Å². The number of hydrogen-bond donors (Lipinski definition) is 1. The van der Waals surface area contributed by atoms with Crippen molar-refractivity contribution in [2.24, 2.45) is 0 Å². The highest BCUT2D eigenvalue weighted by atomic mass is 32.2. The monoisotopic (exact) mass is 317 g/mol. The lowest BCUT2D eigenvalue weighted by Crippen LogP contribution is -2.56. The minimum absolute atomic E-state index is 0.123. The molecule has 21 heavy (non-hydrogen) atoms. The summed E-state index contributed by atoms with van der Waals surface area (Å²) >= 11 is 0. The van der Waals surface area contributed by atoms with E-state index in [1.54, 1.807) is 4.31 Å². The maximum atomic E-state index is 13.1. The second kappa shape index (κ2) is 7.90. The Morgan fingerprint density at radius 3 is 2.14 bits per heavy atom. The molecule has 0 aromatic heterocycles. The lowest BCUT2D eigenvalue weighted by atomic mass is 10.0. The Morgan fingerprint density at radius 2 is 1.57 bits per heavy atom. The van der Waals surface area contributed by atoms with Gasteiger partial charge in [-0.2, -0.15) is 17.0 Å². The molecule has 0 aromatic carbocycles. The first-order chi connectivity index (χ1) is 10.1. The molecule has 2 saturated heterocycles. The molecule has 0 aromatic rings. The molecular formula is C15H31N3O2S. The van der Waals surface area contributed by atoms with Crippen molar-refractivity contribution in [3.05, 3.63) is 0 Å². The van der Waals surface area contributed by atoms with Gasteiger partial charge in [0.1, 0.15) is 0 Å². The van der Waals surface area contributed by atoms with Gasteiger partial charge in [0.15, 0.2) is 0 Å². The number of nitrogens with one attached hydrogen (secondary N) is 1. The van der Waals surface area contributed by atoms with Crippen molar-refractivity contribution < 1.29 is 8.42 Å². The van der Waals surface area contributed by atoms with Crippen LogP contribution in [0.5, 0.6) is 0 Å². The summed E-state index contributed by atoms with van der Waals surface area (Å²) in [6.45, 7) is 4.29. The summed E-state index contributed by atoms with van der Waals surface area (Å²) in [4.78, 5) is 0. The molecule has 0 aliphatic carbocycles. The van der Waals surface area contributed by atoms with E-state index in [1.165, 1.54) is 0 Å². The van der Waals surface area contributed by atoms with E-state index < -0.39 is 10.2 Å². The molecule has 0 saturated carbocycles. The average Bonchev–Trinajstić information content (AvgIpc) is 2.49. The van der Waals surface area contributed by atoms with Crippen LogP contribution in [-0.2, 0) is 10.2 Å². The zero-order chi connectivity index (χ0) is 15.3. The Bertz CT molecular complexity index is 377. The van der Waals surface area contributed by atoms with Gasteiger partial charge in [-0.25, -0.2) is 0 Å². The molecule has 2 aliphatic rings. The topological polar surface area (TPSA) is 52.7 Å². The zero-order valence-electron chi connectivity index (χ0n) is 13.6. The number of rotatable bonds is 6. The van der Waals surface area contributed by atoms with Crippen LogP contribution in [-0.4, -0.2) is 55.8 Å². The SMILES string of the molecule is CCCC1CCCCN1S(=O)(=O)N1CCCCC1CNC. The van der Waals surface area contributed by atoms with Crippen LogP contribution in [0.25, 0.3) is 0 Å². The van der Waals surface area contributed by atoms with Gasteiger partial charge in [-0.05, 0) is 39.2 Å². The Hall–Kier alpha value is -0.170. The molecule has 124 valence electrons. The molecule has 2 rings (SSSR count). The summed E-state index contributed by atoms with van der Waals surface area (Å²) in [6, 6.07) is 0.337. The highest BCUT2D eigenvalue weighted by Gasteiger charge is 2.39. The van der Waals surface area contributed by atoms with Gasteiger partial charge < -0.3 is 5.32 Å². The van der Waals surface area contributed by atoms with Crippen molar-refractivity contribution in [1.82, 2.24) is 13.9 Å². The summed E-state index contributed by atoms with van der Waals surface area (Å²) in [7, 11) is -1.40. The van der Waals surface area contributed by atoms with Crippen molar-refractivity contribution in [3.8, 4) is 0 Å². The fraction of sp³-hybridized carbons (Fsp3) is 1.00. The van der Waals surface area contributed by atoms with Crippen LogP contribution in [0, 0.1) is 0 Å². The molecule has 2 heterocycles. The van der Waals surface area contributed by atoms with Gasteiger partial charge >= 0.3 is 0 Å². The smallest absolute Gasteiger partial charge is 0.282 e. The third-order valence-corrected chi connectivity index (χ3v) is 6.95. The van der Waals surface area contributed by atoms with Gasteiger partial charge in [0.05, 0.1) is 0 Å². The first-order valence-electron chi connectivity index (χ1n) is 8.54.